The molecule has 4 rings (SSSR count). The molecule has 130 valence electrons. The molecule has 3 aromatic rings. The van der Waals surface area contributed by atoms with Crippen molar-refractivity contribution in [3.63, 3.8) is 0 Å². The van der Waals surface area contributed by atoms with Gasteiger partial charge in [0.1, 0.15) is 11.6 Å². The van der Waals surface area contributed by atoms with Gasteiger partial charge < -0.3 is 20.2 Å². The van der Waals surface area contributed by atoms with E-state index in [9.17, 15) is 19.7 Å². The lowest BCUT2D eigenvalue weighted by Crippen LogP contribution is -2.24. The van der Waals surface area contributed by atoms with Crippen LogP contribution in [0.15, 0.2) is 30.7 Å². The van der Waals surface area contributed by atoms with E-state index in [1.165, 1.54) is 16.8 Å². The number of aromatic hydroxyl groups is 1. The van der Waals surface area contributed by atoms with Gasteiger partial charge in [-0.2, -0.15) is 9.49 Å². The van der Waals surface area contributed by atoms with Crippen LogP contribution in [0, 0.1) is 5.95 Å². The van der Waals surface area contributed by atoms with Gasteiger partial charge in [-0.3, -0.25) is 0 Å². The van der Waals surface area contributed by atoms with Crippen molar-refractivity contribution in [3.8, 4) is 5.75 Å². The predicted molar refractivity (Wildman–Crippen MR) is 85.3 cm³/mol. The molecule has 1 fully saturated rings. The van der Waals surface area contributed by atoms with Crippen LogP contribution in [-0.4, -0.2) is 41.4 Å². The van der Waals surface area contributed by atoms with Gasteiger partial charge >= 0.3 is 0 Å². The molecule has 0 aromatic carbocycles. The zero-order valence-corrected chi connectivity index (χ0v) is 13.1. The summed E-state index contributed by atoms with van der Waals surface area (Å²) in [5, 5.41) is 32.9. The molecule has 0 aliphatic carbocycles. The summed E-state index contributed by atoms with van der Waals surface area (Å²) in [6.45, 7) is 0.683. The maximum atomic E-state index is 13.5. The smallest absolute Gasteiger partial charge is 0.213 e. The number of aliphatic hydroxyl groups is 2. The monoisotopic (exact) mass is 345 g/mol. The topological polar surface area (TPSA) is 107 Å². The lowest BCUT2D eigenvalue weighted by Gasteiger charge is -2.26. The summed E-state index contributed by atoms with van der Waals surface area (Å²) >= 11 is 0. The van der Waals surface area contributed by atoms with Gasteiger partial charge in [-0.25, -0.2) is 14.5 Å². The maximum absolute atomic E-state index is 13.5. The Balaban J connectivity index is 1.76. The minimum atomic E-state index is -1.67. The van der Waals surface area contributed by atoms with Gasteiger partial charge in [-0.1, -0.05) is 0 Å². The molecule has 8 nitrogen and oxygen atoms in total. The average Bonchev–Trinajstić information content (AvgIpc) is 3.22. The number of hydrogen-bond acceptors (Lipinski definition) is 7. The molecule has 0 amide bonds. The normalized spacial score (nSPS) is 17.8. The Labute approximate surface area is 141 Å². The molecule has 1 unspecified atom stereocenters. The van der Waals surface area contributed by atoms with Crippen LogP contribution < -0.4 is 4.90 Å². The quantitative estimate of drug-likeness (QED) is 0.485. The molecule has 1 saturated heterocycles. The highest BCUT2D eigenvalue weighted by molar-refractivity contribution is 5.55. The first kappa shape index (κ1) is 15.7. The highest BCUT2D eigenvalue weighted by atomic mass is 19.1. The van der Waals surface area contributed by atoms with Gasteiger partial charge in [0.15, 0.2) is 11.9 Å². The highest BCUT2D eigenvalue weighted by Crippen LogP contribution is 2.39. The van der Waals surface area contributed by atoms with E-state index in [1.807, 2.05) is 4.90 Å². The average molecular weight is 345 g/mol. The number of rotatable bonds is 3. The summed E-state index contributed by atoms with van der Waals surface area (Å²) in [6, 6.07) is 2.75. The van der Waals surface area contributed by atoms with E-state index < -0.39 is 12.2 Å². The third-order valence-corrected chi connectivity index (χ3v) is 4.45. The second-order valence-electron chi connectivity index (χ2n) is 5.94. The molecule has 0 radical (unpaired) electrons. The number of halogens is 1. The molecule has 1 aliphatic rings. The van der Waals surface area contributed by atoms with Gasteiger partial charge in [0.25, 0.3) is 0 Å². The van der Waals surface area contributed by atoms with Crippen molar-refractivity contribution in [1.29, 1.82) is 0 Å². The van der Waals surface area contributed by atoms with E-state index in [-0.39, 0.29) is 17.4 Å². The van der Waals surface area contributed by atoms with Gasteiger partial charge in [-0.05, 0) is 18.9 Å². The van der Waals surface area contributed by atoms with Crippen molar-refractivity contribution in [2.75, 3.05) is 11.4 Å². The first-order valence-corrected chi connectivity index (χ1v) is 7.86. The van der Waals surface area contributed by atoms with Crippen LogP contribution in [0.1, 0.15) is 36.3 Å². The summed E-state index contributed by atoms with van der Waals surface area (Å²) in [5.41, 5.74) is 1.00. The van der Waals surface area contributed by atoms with E-state index >= 15 is 0 Å². The van der Waals surface area contributed by atoms with E-state index in [0.717, 1.165) is 19.0 Å². The Hall–Kier alpha value is -2.78. The highest BCUT2D eigenvalue weighted by Gasteiger charge is 2.30. The van der Waals surface area contributed by atoms with Crippen LogP contribution >= 0.6 is 0 Å². The summed E-state index contributed by atoms with van der Waals surface area (Å²) < 4.78 is 15.0. The van der Waals surface area contributed by atoms with Crippen molar-refractivity contribution in [3.05, 3.63) is 47.8 Å². The van der Waals surface area contributed by atoms with Gasteiger partial charge in [0.2, 0.25) is 5.95 Å². The SMILES string of the molecule is Oc1cnc(F)cc1C1CCCN1c1ccn2ncc(C(O)O)c2n1. The minimum absolute atomic E-state index is 0.0600. The lowest BCUT2D eigenvalue weighted by atomic mass is 10.1. The Morgan fingerprint density at radius 3 is 2.92 bits per heavy atom. The van der Waals surface area contributed by atoms with E-state index in [2.05, 4.69) is 15.1 Å². The fraction of sp³-hybridized carbons (Fsp3) is 0.312. The van der Waals surface area contributed by atoms with Crippen LogP contribution in [-0.2, 0) is 0 Å². The summed E-state index contributed by atoms with van der Waals surface area (Å²) in [7, 11) is 0. The molecule has 4 heterocycles. The largest absolute Gasteiger partial charge is 0.506 e. The summed E-state index contributed by atoms with van der Waals surface area (Å²) in [5.74, 6) is -0.117. The van der Waals surface area contributed by atoms with E-state index in [4.69, 9.17) is 0 Å². The standard InChI is InChI=1S/C16H16FN5O3/c17-13-6-9(12(23)8-18-13)11-2-1-4-21(11)14-3-5-22-15(20-14)10(7-19-22)16(24)25/h3,5-8,11,16,23-25H,1-2,4H2. The number of hydrogen-bond donors (Lipinski definition) is 3. The lowest BCUT2D eigenvalue weighted by molar-refractivity contribution is -0.0414. The van der Waals surface area contributed by atoms with Gasteiger partial charge in [0.05, 0.1) is 24.0 Å². The number of aromatic nitrogens is 4. The molecule has 1 atom stereocenters. The zero-order valence-electron chi connectivity index (χ0n) is 13.1. The molecule has 25 heavy (non-hydrogen) atoms. The Kier molecular flexibility index (Phi) is 3.74. The molecule has 3 N–H and O–H groups in total. The van der Waals surface area contributed by atoms with E-state index in [1.54, 1.807) is 12.3 Å². The van der Waals surface area contributed by atoms with Crippen LogP contribution in [0.4, 0.5) is 10.2 Å². The van der Waals surface area contributed by atoms with Crippen LogP contribution in [0.3, 0.4) is 0 Å². The van der Waals surface area contributed by atoms with Gasteiger partial charge in [-0.15, -0.1) is 0 Å². The van der Waals surface area contributed by atoms with E-state index in [0.29, 0.717) is 23.6 Å². The number of pyridine rings is 1. The number of fused-ring (bicyclic) bond motifs is 1. The third-order valence-electron chi connectivity index (χ3n) is 4.45. The number of nitrogens with zero attached hydrogens (tertiary/aromatic N) is 5. The number of aliphatic hydroxyl groups excluding tert-OH is 1. The molecule has 1 aliphatic heterocycles. The van der Waals surface area contributed by atoms with Crippen molar-refractivity contribution >= 4 is 11.5 Å². The second kappa shape index (κ2) is 5.94. The Morgan fingerprint density at radius 2 is 2.12 bits per heavy atom. The molecule has 3 aromatic heterocycles. The summed E-state index contributed by atoms with van der Waals surface area (Å²) in [4.78, 5) is 9.89. The fourth-order valence-electron chi connectivity index (χ4n) is 3.29. The Morgan fingerprint density at radius 1 is 1.28 bits per heavy atom. The molecule has 0 bridgehead atoms. The minimum Gasteiger partial charge on any atom is -0.506 e. The fourth-order valence-corrected chi connectivity index (χ4v) is 3.29. The first-order valence-electron chi connectivity index (χ1n) is 7.86. The van der Waals surface area contributed by atoms with Crippen molar-refractivity contribution in [2.24, 2.45) is 0 Å². The molecule has 9 heteroatoms. The van der Waals surface area contributed by atoms with Crippen molar-refractivity contribution < 1.29 is 19.7 Å². The van der Waals surface area contributed by atoms with Crippen LogP contribution in [0.5, 0.6) is 5.75 Å². The predicted octanol–water partition coefficient (Wildman–Crippen LogP) is 1.29. The van der Waals surface area contributed by atoms with Gasteiger partial charge in [0, 0.05) is 24.4 Å². The van der Waals surface area contributed by atoms with Crippen molar-refractivity contribution in [2.45, 2.75) is 25.2 Å². The van der Waals surface area contributed by atoms with Crippen LogP contribution in [0.25, 0.3) is 5.65 Å². The molecule has 0 spiro atoms. The summed E-state index contributed by atoms with van der Waals surface area (Å²) in [6.07, 6.45) is 4.05. The Bertz CT molecular complexity index is 929. The molecule has 0 saturated carbocycles. The molecular weight excluding hydrogens is 329 g/mol. The zero-order chi connectivity index (χ0) is 17.6. The maximum Gasteiger partial charge on any atom is 0.213 e. The third kappa shape index (κ3) is 2.67. The second-order valence-corrected chi connectivity index (χ2v) is 5.94. The first-order chi connectivity index (χ1) is 12.0. The van der Waals surface area contributed by atoms with Crippen LogP contribution in [0.2, 0.25) is 0 Å². The molecular formula is C16H16FN5O3. The number of anilines is 1. The van der Waals surface area contributed by atoms with Crippen molar-refractivity contribution in [1.82, 2.24) is 19.6 Å².